The Kier molecular flexibility index (Phi) is 7.39. The number of hydrogen-bond acceptors (Lipinski definition) is 4. The third-order valence-electron chi connectivity index (χ3n) is 3.97. The molecule has 0 saturated carbocycles. The fourth-order valence-electron chi connectivity index (χ4n) is 2.98. The summed E-state index contributed by atoms with van der Waals surface area (Å²) in [5.74, 6) is -0.00207. The molecule has 2 rings (SSSR count). The minimum Gasteiger partial charge on any atom is -0.351 e. The van der Waals surface area contributed by atoms with E-state index in [4.69, 9.17) is 0 Å². The number of carbonyl (C=O) groups is 1. The summed E-state index contributed by atoms with van der Waals surface area (Å²) in [6, 6.07) is -0.374. The van der Waals surface area contributed by atoms with Crippen molar-refractivity contribution in [3.8, 4) is 0 Å². The van der Waals surface area contributed by atoms with Crippen molar-refractivity contribution >= 4 is 28.3 Å². The maximum Gasteiger partial charge on any atom is 0.238 e. The van der Waals surface area contributed by atoms with Crippen molar-refractivity contribution in [2.75, 3.05) is 25.4 Å². The number of nitrogens with one attached hydrogen (secondary N) is 2. The smallest absolute Gasteiger partial charge is 0.238 e. The quantitative estimate of drug-likeness (QED) is 0.763. The van der Waals surface area contributed by atoms with E-state index in [1.54, 1.807) is 0 Å². The van der Waals surface area contributed by atoms with Crippen LogP contribution in [0.15, 0.2) is 0 Å². The van der Waals surface area contributed by atoms with Crippen LogP contribution >= 0.6 is 12.4 Å². The molecule has 2 saturated heterocycles. The van der Waals surface area contributed by atoms with Gasteiger partial charge >= 0.3 is 0 Å². The molecule has 0 radical (unpaired) electrons. The lowest BCUT2D eigenvalue weighted by Gasteiger charge is -2.28. The van der Waals surface area contributed by atoms with Gasteiger partial charge in [0.2, 0.25) is 15.9 Å². The maximum atomic E-state index is 12.3. The summed E-state index contributed by atoms with van der Waals surface area (Å²) in [4.78, 5) is 12.3. The minimum absolute atomic E-state index is 0. The average Bonchev–Trinajstić information content (AvgIpc) is 2.90. The number of rotatable bonds is 5. The van der Waals surface area contributed by atoms with E-state index < -0.39 is 16.1 Å². The topological polar surface area (TPSA) is 78.5 Å². The van der Waals surface area contributed by atoms with Gasteiger partial charge in [0, 0.05) is 19.1 Å². The number of hydrogen-bond donors (Lipinski definition) is 2. The van der Waals surface area contributed by atoms with Gasteiger partial charge in [-0.3, -0.25) is 4.79 Å². The van der Waals surface area contributed by atoms with Crippen molar-refractivity contribution < 1.29 is 13.2 Å². The third-order valence-corrected chi connectivity index (χ3v) is 6.04. The largest absolute Gasteiger partial charge is 0.351 e. The average molecular weight is 340 g/mol. The molecule has 0 bridgehead atoms. The van der Waals surface area contributed by atoms with Gasteiger partial charge in [0.05, 0.1) is 5.75 Å². The summed E-state index contributed by atoms with van der Waals surface area (Å²) in [7, 11) is -3.29. The van der Waals surface area contributed by atoms with Crippen molar-refractivity contribution in [3.05, 3.63) is 0 Å². The highest BCUT2D eigenvalue weighted by Gasteiger charge is 2.38. The lowest BCUT2D eigenvalue weighted by molar-refractivity contribution is -0.125. The minimum atomic E-state index is -3.29. The van der Waals surface area contributed by atoms with Crippen LogP contribution < -0.4 is 10.6 Å². The Morgan fingerprint density at radius 2 is 2.10 bits per heavy atom. The molecule has 2 N–H and O–H groups in total. The van der Waals surface area contributed by atoms with E-state index >= 15 is 0 Å². The fourth-order valence-corrected chi connectivity index (χ4v) is 4.73. The Bertz CT molecular complexity index is 438. The van der Waals surface area contributed by atoms with Crippen molar-refractivity contribution in [2.45, 2.75) is 51.1 Å². The molecule has 2 fully saturated rings. The number of halogens is 1. The molecule has 8 heteroatoms. The van der Waals surface area contributed by atoms with Gasteiger partial charge in [0.25, 0.3) is 0 Å². The third kappa shape index (κ3) is 4.81. The molecule has 2 heterocycles. The molecule has 0 spiro atoms. The van der Waals surface area contributed by atoms with E-state index in [1.165, 1.54) is 4.31 Å². The van der Waals surface area contributed by atoms with Crippen molar-refractivity contribution in [3.63, 3.8) is 0 Å². The molecule has 2 aliphatic rings. The van der Waals surface area contributed by atoms with Crippen molar-refractivity contribution in [1.82, 2.24) is 14.9 Å². The first-order valence-electron chi connectivity index (χ1n) is 7.55. The summed E-state index contributed by atoms with van der Waals surface area (Å²) >= 11 is 0. The van der Waals surface area contributed by atoms with Crippen LogP contribution in [-0.4, -0.2) is 56.1 Å². The van der Waals surface area contributed by atoms with E-state index in [2.05, 4.69) is 10.6 Å². The lowest BCUT2D eigenvalue weighted by atomic mass is 10.1. The summed E-state index contributed by atoms with van der Waals surface area (Å²) in [6.45, 7) is 4.09. The first-order valence-corrected chi connectivity index (χ1v) is 9.16. The molecule has 2 aliphatic heterocycles. The Morgan fingerprint density at radius 3 is 2.71 bits per heavy atom. The van der Waals surface area contributed by atoms with Crippen LogP contribution in [-0.2, 0) is 14.8 Å². The zero-order chi connectivity index (χ0) is 14.6. The highest BCUT2D eigenvalue weighted by Crippen LogP contribution is 2.22. The van der Waals surface area contributed by atoms with Gasteiger partial charge in [0.1, 0.15) is 6.04 Å². The van der Waals surface area contributed by atoms with E-state index in [1.807, 2.05) is 6.92 Å². The lowest BCUT2D eigenvalue weighted by Crippen LogP contribution is -2.52. The SMILES string of the molecule is CCCS(=O)(=O)N1CCCC1C(=O)N[C@H]1CCCNC1.Cl. The van der Waals surface area contributed by atoms with E-state index in [0.717, 1.165) is 32.4 Å². The van der Waals surface area contributed by atoms with Gasteiger partial charge in [-0.2, -0.15) is 4.31 Å². The van der Waals surface area contributed by atoms with Crippen LogP contribution in [0.5, 0.6) is 0 Å². The Hall–Kier alpha value is -0.370. The molecular weight excluding hydrogens is 314 g/mol. The van der Waals surface area contributed by atoms with Crippen molar-refractivity contribution in [2.24, 2.45) is 0 Å². The number of amides is 1. The first-order chi connectivity index (χ1) is 9.54. The molecule has 21 heavy (non-hydrogen) atoms. The number of nitrogens with zero attached hydrogens (tertiary/aromatic N) is 1. The summed E-state index contributed by atoms with van der Waals surface area (Å²) in [6.07, 6.45) is 4.00. The van der Waals surface area contributed by atoms with E-state index in [9.17, 15) is 13.2 Å². The second kappa shape index (κ2) is 8.31. The van der Waals surface area contributed by atoms with Gasteiger partial charge in [-0.1, -0.05) is 6.92 Å². The predicted octanol–water partition coefficient (Wildman–Crippen LogP) is 0.481. The summed E-state index contributed by atoms with van der Waals surface area (Å²) in [5.41, 5.74) is 0. The molecular formula is C13H26ClN3O3S. The Balaban J connectivity index is 0.00000220. The molecule has 1 amide bonds. The Labute approximate surface area is 133 Å². The number of sulfonamides is 1. The van der Waals surface area contributed by atoms with Gasteiger partial charge < -0.3 is 10.6 Å². The van der Waals surface area contributed by atoms with Gasteiger partial charge in [-0.25, -0.2) is 8.42 Å². The molecule has 0 aromatic rings. The van der Waals surface area contributed by atoms with Crippen LogP contribution in [0.25, 0.3) is 0 Å². The molecule has 0 aliphatic carbocycles. The maximum absolute atomic E-state index is 12.3. The molecule has 124 valence electrons. The number of piperidine rings is 1. The standard InChI is InChI=1S/C13H25N3O3S.ClH/c1-2-9-20(18,19)16-8-4-6-12(16)13(17)15-11-5-3-7-14-10-11;/h11-12,14H,2-10H2,1H3,(H,15,17);1H/t11-,12?;/m0./s1. The van der Waals surface area contributed by atoms with E-state index in [-0.39, 0.29) is 30.1 Å². The second-order valence-electron chi connectivity index (χ2n) is 5.64. The highest BCUT2D eigenvalue weighted by molar-refractivity contribution is 7.89. The van der Waals surface area contributed by atoms with Crippen LogP contribution in [0, 0.1) is 0 Å². The normalized spacial score (nSPS) is 27.1. The molecule has 0 aromatic carbocycles. The van der Waals surface area contributed by atoms with Crippen molar-refractivity contribution in [1.29, 1.82) is 0 Å². The molecule has 1 unspecified atom stereocenters. The second-order valence-corrected chi connectivity index (χ2v) is 7.68. The van der Waals surface area contributed by atoms with E-state index in [0.29, 0.717) is 19.4 Å². The first kappa shape index (κ1) is 18.7. The molecule has 2 atom stereocenters. The van der Waals surface area contributed by atoms with Crippen LogP contribution in [0.4, 0.5) is 0 Å². The summed E-state index contributed by atoms with van der Waals surface area (Å²) < 4.78 is 25.8. The highest BCUT2D eigenvalue weighted by atomic mass is 35.5. The Morgan fingerprint density at radius 1 is 1.33 bits per heavy atom. The summed E-state index contributed by atoms with van der Waals surface area (Å²) in [5, 5.41) is 6.24. The van der Waals surface area contributed by atoms with Gasteiger partial charge in [0.15, 0.2) is 0 Å². The van der Waals surface area contributed by atoms with Gasteiger partial charge in [-0.05, 0) is 38.6 Å². The number of carbonyl (C=O) groups excluding carboxylic acids is 1. The van der Waals surface area contributed by atoms with Crippen LogP contribution in [0.1, 0.15) is 39.0 Å². The van der Waals surface area contributed by atoms with Crippen LogP contribution in [0.2, 0.25) is 0 Å². The zero-order valence-corrected chi connectivity index (χ0v) is 14.1. The molecule has 0 aromatic heterocycles. The predicted molar refractivity (Wildman–Crippen MR) is 85.1 cm³/mol. The van der Waals surface area contributed by atoms with Crippen LogP contribution in [0.3, 0.4) is 0 Å². The zero-order valence-electron chi connectivity index (χ0n) is 12.5. The molecule has 6 nitrogen and oxygen atoms in total. The fraction of sp³-hybridized carbons (Fsp3) is 0.923. The van der Waals surface area contributed by atoms with Gasteiger partial charge in [-0.15, -0.1) is 12.4 Å². The monoisotopic (exact) mass is 339 g/mol.